The number of aliphatic hydroxyl groups is 1. The van der Waals surface area contributed by atoms with E-state index in [1.54, 1.807) is 40.1 Å². The molecule has 50 heavy (non-hydrogen) atoms. The highest BCUT2D eigenvalue weighted by Crippen LogP contribution is 2.40. The van der Waals surface area contributed by atoms with Crippen molar-refractivity contribution < 1.29 is 33.2 Å². The van der Waals surface area contributed by atoms with Crippen molar-refractivity contribution in [2.75, 3.05) is 64.7 Å². The number of anilines is 1. The quantitative estimate of drug-likeness (QED) is 0.228. The van der Waals surface area contributed by atoms with E-state index in [0.717, 1.165) is 49.5 Å². The summed E-state index contributed by atoms with van der Waals surface area (Å²) in [6, 6.07) is 10.8. The highest BCUT2D eigenvalue weighted by molar-refractivity contribution is 6.00. The summed E-state index contributed by atoms with van der Waals surface area (Å²) in [5.41, 5.74) is -0.00747. The van der Waals surface area contributed by atoms with Crippen LogP contribution >= 0.6 is 0 Å². The molecule has 3 aliphatic heterocycles. The molecule has 2 aromatic heterocycles. The maximum atomic E-state index is 17.0. The van der Waals surface area contributed by atoms with E-state index in [1.165, 1.54) is 4.90 Å². The van der Waals surface area contributed by atoms with Crippen LogP contribution in [0.3, 0.4) is 0 Å². The highest BCUT2D eigenvalue weighted by Gasteiger charge is 2.45. The summed E-state index contributed by atoms with van der Waals surface area (Å²) >= 11 is 0. The summed E-state index contributed by atoms with van der Waals surface area (Å²) in [5, 5.41) is 12.4. The number of amides is 1. The number of rotatable bonds is 9. The smallest absolute Gasteiger partial charge is 0.410 e. The number of aromatic nitrogens is 3. The van der Waals surface area contributed by atoms with Gasteiger partial charge >= 0.3 is 12.1 Å². The third-order valence-electron chi connectivity index (χ3n) is 9.98. The minimum Gasteiger partial charge on any atom is -0.468 e. The summed E-state index contributed by atoms with van der Waals surface area (Å²) in [6.45, 7) is 8.55. The molecule has 0 saturated carbocycles. The van der Waals surface area contributed by atoms with Crippen LogP contribution in [0.5, 0.6) is 11.8 Å². The number of methoxy groups -OCH3 is 1. The fourth-order valence-electron chi connectivity index (χ4n) is 7.63. The van der Waals surface area contributed by atoms with E-state index in [2.05, 4.69) is 14.9 Å². The number of aliphatic hydroxyl groups excluding tert-OH is 1. The number of hydrogen-bond donors (Lipinski definition) is 1. The number of pyridine rings is 1. The zero-order chi connectivity index (χ0) is 35.0. The number of benzene rings is 2. The van der Waals surface area contributed by atoms with Crippen LogP contribution in [0.2, 0.25) is 0 Å². The first kappa shape index (κ1) is 34.1. The first-order valence-corrected chi connectivity index (χ1v) is 17.3. The molecule has 0 radical (unpaired) electrons. The van der Waals surface area contributed by atoms with Gasteiger partial charge in [0.05, 0.1) is 23.6 Å². The van der Waals surface area contributed by atoms with E-state index in [1.807, 2.05) is 35.2 Å². The molecule has 13 heteroatoms. The maximum Gasteiger partial charge on any atom is 0.410 e. The molecular formula is C37H45FN6O6. The van der Waals surface area contributed by atoms with Crippen molar-refractivity contribution in [1.82, 2.24) is 24.8 Å². The zero-order valence-corrected chi connectivity index (χ0v) is 29.2. The lowest BCUT2D eigenvalue weighted by atomic mass is 9.95. The van der Waals surface area contributed by atoms with Gasteiger partial charge in [-0.15, -0.1) is 0 Å². The average Bonchev–Trinajstić information content (AvgIpc) is 3.69. The van der Waals surface area contributed by atoms with Crippen molar-refractivity contribution in [3.8, 4) is 23.0 Å². The lowest BCUT2D eigenvalue weighted by molar-refractivity contribution is 0.00699. The Balaban J connectivity index is 1.30. The van der Waals surface area contributed by atoms with E-state index in [4.69, 9.17) is 23.9 Å². The number of halogens is 1. The summed E-state index contributed by atoms with van der Waals surface area (Å²) < 4.78 is 39.9. The van der Waals surface area contributed by atoms with Crippen molar-refractivity contribution in [3.63, 3.8) is 0 Å². The molecule has 0 bridgehead atoms. The molecule has 0 aliphatic carbocycles. The lowest BCUT2D eigenvalue weighted by Gasteiger charge is -2.41. The Morgan fingerprint density at radius 2 is 1.82 bits per heavy atom. The fourth-order valence-corrected chi connectivity index (χ4v) is 7.63. The molecule has 3 aliphatic rings. The first-order valence-electron chi connectivity index (χ1n) is 17.3. The minimum absolute atomic E-state index is 0.0393. The van der Waals surface area contributed by atoms with Gasteiger partial charge in [-0.2, -0.15) is 9.97 Å². The summed E-state index contributed by atoms with van der Waals surface area (Å²) in [6.07, 6.45) is 5.40. The molecule has 266 valence electrons. The molecule has 1 amide bonds. The molecule has 1 unspecified atom stereocenters. The van der Waals surface area contributed by atoms with Gasteiger partial charge in [0.15, 0.2) is 12.6 Å². The van der Waals surface area contributed by atoms with Crippen LogP contribution in [0.25, 0.3) is 32.9 Å². The summed E-state index contributed by atoms with van der Waals surface area (Å²) in [7, 11) is 1.54. The van der Waals surface area contributed by atoms with Crippen LogP contribution in [0, 0.1) is 5.82 Å². The van der Waals surface area contributed by atoms with Crippen LogP contribution < -0.4 is 14.4 Å². The summed E-state index contributed by atoms with van der Waals surface area (Å²) in [4.78, 5) is 33.2. The molecular weight excluding hydrogens is 643 g/mol. The van der Waals surface area contributed by atoms with Gasteiger partial charge in [0.1, 0.15) is 35.0 Å². The van der Waals surface area contributed by atoms with E-state index < -0.39 is 23.6 Å². The predicted molar refractivity (Wildman–Crippen MR) is 187 cm³/mol. The molecule has 3 fully saturated rings. The topological polar surface area (TPSA) is 123 Å². The van der Waals surface area contributed by atoms with Gasteiger partial charge in [-0.05, 0) is 82.4 Å². The maximum absolute atomic E-state index is 17.0. The van der Waals surface area contributed by atoms with Crippen LogP contribution in [-0.4, -0.2) is 113 Å². The number of fused-ring (bicyclic) bond motifs is 3. The summed E-state index contributed by atoms with van der Waals surface area (Å²) in [5.74, 6) is 0.334. The fraction of sp³-hybridized carbons (Fsp3) is 0.514. The van der Waals surface area contributed by atoms with Gasteiger partial charge < -0.3 is 29.0 Å². The molecule has 3 saturated heterocycles. The van der Waals surface area contributed by atoms with Crippen molar-refractivity contribution >= 4 is 33.6 Å². The largest absolute Gasteiger partial charge is 0.468 e. The molecule has 0 spiro atoms. The lowest BCUT2D eigenvalue weighted by Crippen LogP contribution is -2.57. The van der Waals surface area contributed by atoms with Crippen LogP contribution in [-0.2, 0) is 9.47 Å². The normalized spacial score (nSPS) is 19.3. The van der Waals surface area contributed by atoms with E-state index in [-0.39, 0.29) is 49.2 Å². The Morgan fingerprint density at radius 3 is 2.56 bits per heavy atom. The number of ether oxygens (including phenoxy) is 4. The number of carbonyl (C=O) groups is 1. The van der Waals surface area contributed by atoms with Crippen molar-refractivity contribution in [2.45, 2.75) is 63.6 Å². The molecule has 5 heterocycles. The molecule has 7 rings (SSSR count). The molecule has 4 aromatic rings. The van der Waals surface area contributed by atoms with Gasteiger partial charge in [-0.25, -0.2) is 9.18 Å². The average molecular weight is 689 g/mol. The molecule has 2 aromatic carbocycles. The van der Waals surface area contributed by atoms with E-state index in [9.17, 15) is 9.90 Å². The number of hydrogen-bond acceptors (Lipinski definition) is 11. The zero-order valence-electron chi connectivity index (χ0n) is 29.2. The minimum atomic E-state index is -0.682. The Hall–Kier alpha value is -4.33. The molecule has 1 N–H and O–H groups in total. The standard InChI is InChI=1S/C37H45FN6O6/c1-36(2,3)50-35(46)44-16-15-42(20-25(44)21-45)33-29-19-39-31(28-18-26(49-23-47-4)17-24-9-5-6-10-27(24)28)30(38)32(29)40-34(41-33)48-22-37-11-7-13-43(37)14-8-12-37/h5-6,9-10,17-19,25,45H,7-8,11-16,20-23H2,1-4H3. The number of piperazine rings is 1. The number of carbonyl (C=O) groups excluding carboxylic acids is 1. The third-order valence-corrected chi connectivity index (χ3v) is 9.98. The second kappa shape index (κ2) is 13.8. The highest BCUT2D eigenvalue weighted by atomic mass is 19.1. The Kier molecular flexibility index (Phi) is 9.40. The Morgan fingerprint density at radius 1 is 1.04 bits per heavy atom. The monoisotopic (exact) mass is 688 g/mol. The van der Waals surface area contributed by atoms with Crippen LogP contribution in [0.4, 0.5) is 15.0 Å². The third kappa shape index (κ3) is 6.61. The van der Waals surface area contributed by atoms with E-state index >= 15 is 4.39 Å². The second-order valence-corrected chi connectivity index (χ2v) is 14.4. The van der Waals surface area contributed by atoms with Gasteiger partial charge in [0.2, 0.25) is 0 Å². The Bertz CT molecular complexity index is 1880. The van der Waals surface area contributed by atoms with Crippen LogP contribution in [0.1, 0.15) is 46.5 Å². The second-order valence-electron chi connectivity index (χ2n) is 14.4. The SMILES string of the molecule is COCOc1cc(-c2ncc3c(N4CCN(C(=O)OC(C)(C)C)C(CO)C4)nc(OCC45CCCN4CCC5)nc3c2F)c2ccccc2c1. The molecule has 12 nitrogen and oxygen atoms in total. The Labute approximate surface area is 291 Å². The number of nitrogens with zero attached hydrogens (tertiary/aromatic N) is 6. The molecule has 1 atom stereocenters. The van der Waals surface area contributed by atoms with Gasteiger partial charge in [0.25, 0.3) is 0 Å². The van der Waals surface area contributed by atoms with Gasteiger partial charge in [0, 0.05) is 38.5 Å². The van der Waals surface area contributed by atoms with E-state index in [0.29, 0.717) is 35.7 Å². The van der Waals surface area contributed by atoms with Gasteiger partial charge in [-0.1, -0.05) is 24.3 Å². The van der Waals surface area contributed by atoms with Crippen molar-refractivity contribution in [1.29, 1.82) is 0 Å². The van der Waals surface area contributed by atoms with Crippen molar-refractivity contribution in [3.05, 3.63) is 48.4 Å². The van der Waals surface area contributed by atoms with Gasteiger partial charge in [-0.3, -0.25) is 14.8 Å². The predicted octanol–water partition coefficient (Wildman–Crippen LogP) is 5.39. The first-order chi connectivity index (χ1) is 24.1. The van der Waals surface area contributed by atoms with Crippen LogP contribution in [0.15, 0.2) is 42.6 Å². The van der Waals surface area contributed by atoms with Crippen molar-refractivity contribution in [2.24, 2.45) is 0 Å².